The smallest absolute Gasteiger partial charge is 0.330 e. The second kappa shape index (κ2) is 6.74. The van der Waals surface area contributed by atoms with Gasteiger partial charge in [-0.05, 0) is 46.8 Å². The van der Waals surface area contributed by atoms with Crippen molar-refractivity contribution in [3.8, 4) is 5.69 Å². The van der Waals surface area contributed by atoms with Crippen LogP contribution in [0.4, 0.5) is 0 Å². The molecule has 0 saturated carbocycles. The highest BCUT2D eigenvalue weighted by atomic mass is 16.5. The SMILES string of the molecule is CCOC(=O)C(C)n1nc(C)c2c(C)n(-c3ccc(C)cc3)nc2c1=O. The molecule has 7 heteroatoms. The van der Waals surface area contributed by atoms with E-state index in [1.165, 1.54) is 0 Å². The fraction of sp³-hybridized carbons (Fsp3) is 0.368. The van der Waals surface area contributed by atoms with Crippen molar-refractivity contribution in [2.45, 2.75) is 40.7 Å². The monoisotopic (exact) mass is 354 g/mol. The van der Waals surface area contributed by atoms with E-state index < -0.39 is 17.6 Å². The third-order valence-corrected chi connectivity index (χ3v) is 4.42. The van der Waals surface area contributed by atoms with E-state index in [4.69, 9.17) is 4.74 Å². The minimum absolute atomic E-state index is 0.250. The van der Waals surface area contributed by atoms with Crippen molar-refractivity contribution in [3.05, 3.63) is 51.6 Å². The fourth-order valence-corrected chi connectivity index (χ4v) is 3.01. The largest absolute Gasteiger partial charge is 0.464 e. The average molecular weight is 354 g/mol. The molecule has 7 nitrogen and oxygen atoms in total. The molecule has 3 rings (SSSR count). The minimum atomic E-state index is -0.810. The van der Waals surface area contributed by atoms with E-state index in [0.29, 0.717) is 16.6 Å². The fourth-order valence-electron chi connectivity index (χ4n) is 3.01. The molecule has 0 saturated heterocycles. The van der Waals surface area contributed by atoms with E-state index >= 15 is 0 Å². The lowest BCUT2D eigenvalue weighted by Gasteiger charge is -2.13. The summed E-state index contributed by atoms with van der Waals surface area (Å²) < 4.78 is 7.90. The summed E-state index contributed by atoms with van der Waals surface area (Å²) in [5.41, 5.74) is 3.39. The van der Waals surface area contributed by atoms with Gasteiger partial charge in [-0.25, -0.2) is 14.2 Å². The molecule has 1 unspecified atom stereocenters. The number of fused-ring (bicyclic) bond motifs is 1. The van der Waals surface area contributed by atoms with Crippen LogP contribution in [-0.4, -0.2) is 32.1 Å². The van der Waals surface area contributed by atoms with Gasteiger partial charge in [-0.15, -0.1) is 0 Å². The Balaban J connectivity index is 2.20. The standard InChI is InChI=1S/C19H22N4O3/c1-6-26-19(25)14(5)23-18(24)17-16(12(3)20-23)13(4)22(21-17)15-9-7-11(2)8-10-15/h7-10,14H,6H2,1-5H3. The molecule has 26 heavy (non-hydrogen) atoms. The van der Waals surface area contributed by atoms with E-state index in [1.54, 1.807) is 18.5 Å². The van der Waals surface area contributed by atoms with Gasteiger partial charge in [0.1, 0.15) is 0 Å². The Hall–Kier alpha value is -2.96. The second-order valence-electron chi connectivity index (χ2n) is 6.32. The van der Waals surface area contributed by atoms with Gasteiger partial charge in [0.2, 0.25) is 0 Å². The molecule has 0 radical (unpaired) electrons. The maximum Gasteiger partial charge on any atom is 0.330 e. The highest BCUT2D eigenvalue weighted by Gasteiger charge is 2.23. The second-order valence-corrected chi connectivity index (χ2v) is 6.32. The highest BCUT2D eigenvalue weighted by molar-refractivity contribution is 5.83. The van der Waals surface area contributed by atoms with Crippen molar-refractivity contribution in [2.24, 2.45) is 0 Å². The van der Waals surface area contributed by atoms with Gasteiger partial charge in [-0.2, -0.15) is 10.2 Å². The molecule has 2 heterocycles. The molecular formula is C19H22N4O3. The molecule has 0 aliphatic rings. The van der Waals surface area contributed by atoms with Crippen LogP contribution < -0.4 is 5.56 Å². The minimum Gasteiger partial charge on any atom is -0.464 e. The van der Waals surface area contributed by atoms with Gasteiger partial charge >= 0.3 is 5.97 Å². The van der Waals surface area contributed by atoms with Crippen LogP contribution in [0.2, 0.25) is 0 Å². The lowest BCUT2D eigenvalue weighted by atomic mass is 10.2. The van der Waals surface area contributed by atoms with Crippen molar-refractivity contribution >= 4 is 16.9 Å². The van der Waals surface area contributed by atoms with Gasteiger partial charge in [-0.3, -0.25) is 4.79 Å². The number of carbonyl (C=O) groups excluding carboxylic acids is 1. The summed E-state index contributed by atoms with van der Waals surface area (Å²) >= 11 is 0. The lowest BCUT2D eigenvalue weighted by molar-refractivity contribution is -0.147. The van der Waals surface area contributed by atoms with Gasteiger partial charge < -0.3 is 4.74 Å². The topological polar surface area (TPSA) is 79.0 Å². The number of nitrogens with zero attached hydrogens (tertiary/aromatic N) is 4. The third kappa shape index (κ3) is 2.89. The Morgan fingerprint density at radius 2 is 1.81 bits per heavy atom. The lowest BCUT2D eigenvalue weighted by Crippen LogP contribution is -2.32. The summed E-state index contributed by atoms with van der Waals surface area (Å²) in [5, 5.41) is 9.56. The van der Waals surface area contributed by atoms with Crippen molar-refractivity contribution in [2.75, 3.05) is 6.61 Å². The Labute approximate surface area is 151 Å². The molecule has 1 aromatic carbocycles. The number of ether oxygens (including phenoxy) is 1. The molecule has 0 aliphatic heterocycles. The number of aromatic nitrogens is 4. The molecule has 0 spiro atoms. The molecule has 0 fully saturated rings. The number of aryl methyl sites for hydroxylation is 3. The first-order valence-corrected chi connectivity index (χ1v) is 8.57. The van der Waals surface area contributed by atoms with Crippen LogP contribution >= 0.6 is 0 Å². The maximum atomic E-state index is 12.9. The van der Waals surface area contributed by atoms with Crippen molar-refractivity contribution in [1.29, 1.82) is 0 Å². The molecule has 136 valence electrons. The summed E-state index contributed by atoms with van der Waals surface area (Å²) in [6.07, 6.45) is 0. The average Bonchev–Trinajstić information content (AvgIpc) is 2.96. The number of carbonyl (C=O) groups is 1. The van der Waals surface area contributed by atoms with Crippen molar-refractivity contribution < 1.29 is 9.53 Å². The van der Waals surface area contributed by atoms with Crippen molar-refractivity contribution in [1.82, 2.24) is 19.6 Å². The Morgan fingerprint density at radius 1 is 1.15 bits per heavy atom. The van der Waals surface area contributed by atoms with Crippen molar-refractivity contribution in [3.63, 3.8) is 0 Å². The quantitative estimate of drug-likeness (QED) is 0.673. The molecule has 0 bridgehead atoms. The first-order chi connectivity index (χ1) is 12.3. The van der Waals surface area contributed by atoms with Crippen LogP contribution in [0.25, 0.3) is 16.6 Å². The zero-order chi connectivity index (χ0) is 19.0. The summed E-state index contributed by atoms with van der Waals surface area (Å²) in [5.74, 6) is -0.490. The van der Waals surface area contributed by atoms with Gasteiger partial charge in [0.25, 0.3) is 5.56 Å². The van der Waals surface area contributed by atoms with Gasteiger partial charge in [0, 0.05) is 0 Å². The molecular weight excluding hydrogens is 332 g/mol. The summed E-state index contributed by atoms with van der Waals surface area (Å²) in [6.45, 7) is 9.30. The molecule has 0 aliphatic carbocycles. The van der Waals surface area contributed by atoms with E-state index in [2.05, 4.69) is 10.2 Å². The molecule has 3 aromatic rings. The normalized spacial score (nSPS) is 12.3. The number of hydrogen-bond acceptors (Lipinski definition) is 5. The zero-order valence-corrected chi connectivity index (χ0v) is 15.6. The van der Waals surface area contributed by atoms with E-state index in [-0.39, 0.29) is 6.61 Å². The molecule has 2 aromatic heterocycles. The van der Waals surface area contributed by atoms with Crippen LogP contribution in [0, 0.1) is 20.8 Å². The summed E-state index contributed by atoms with van der Waals surface area (Å²) in [4.78, 5) is 24.9. The number of hydrogen-bond donors (Lipinski definition) is 0. The van der Waals surface area contributed by atoms with E-state index in [9.17, 15) is 9.59 Å². The van der Waals surface area contributed by atoms with E-state index in [0.717, 1.165) is 21.6 Å². The number of benzene rings is 1. The van der Waals surface area contributed by atoms with Crippen LogP contribution in [0.3, 0.4) is 0 Å². The first-order valence-electron chi connectivity index (χ1n) is 8.57. The number of esters is 1. The Morgan fingerprint density at radius 3 is 2.42 bits per heavy atom. The Kier molecular flexibility index (Phi) is 4.63. The predicted molar refractivity (Wildman–Crippen MR) is 98.7 cm³/mol. The molecule has 0 N–H and O–H groups in total. The predicted octanol–water partition coefficient (Wildman–Crippen LogP) is 2.63. The number of rotatable bonds is 4. The van der Waals surface area contributed by atoms with Crippen LogP contribution in [-0.2, 0) is 9.53 Å². The van der Waals surface area contributed by atoms with Crippen LogP contribution in [0.15, 0.2) is 29.1 Å². The highest BCUT2D eigenvalue weighted by Crippen LogP contribution is 2.22. The zero-order valence-electron chi connectivity index (χ0n) is 15.6. The molecule has 0 amide bonds. The maximum absolute atomic E-state index is 12.9. The van der Waals surface area contributed by atoms with E-state index in [1.807, 2.05) is 45.0 Å². The summed E-state index contributed by atoms with van der Waals surface area (Å²) in [6, 6.07) is 7.09. The Bertz CT molecular complexity index is 1030. The van der Waals surface area contributed by atoms with Gasteiger partial charge in [-0.1, -0.05) is 17.7 Å². The summed E-state index contributed by atoms with van der Waals surface area (Å²) in [7, 11) is 0. The third-order valence-electron chi connectivity index (χ3n) is 4.42. The first kappa shape index (κ1) is 17.8. The van der Waals surface area contributed by atoms with Crippen LogP contribution in [0.1, 0.15) is 36.8 Å². The molecule has 1 atom stereocenters. The van der Waals surface area contributed by atoms with Gasteiger partial charge in [0.15, 0.2) is 11.6 Å². The van der Waals surface area contributed by atoms with Crippen LogP contribution in [0.5, 0.6) is 0 Å². The van der Waals surface area contributed by atoms with Gasteiger partial charge in [0.05, 0.1) is 29.1 Å².